The maximum atomic E-state index is 11.3. The number of piperidine rings is 1. The SMILES string of the molecule is COc1cc(N2CCCC(CN)C2)c([N+](=O)[O-])cc1OC. The number of nitro groups is 1. The average molecular weight is 295 g/mol. The molecule has 0 aliphatic carbocycles. The Hall–Kier alpha value is -2.02. The van der Waals surface area contributed by atoms with Crippen molar-refractivity contribution >= 4 is 11.4 Å². The third-order valence-electron chi connectivity index (χ3n) is 3.87. The molecule has 0 amide bonds. The number of rotatable bonds is 5. The summed E-state index contributed by atoms with van der Waals surface area (Å²) < 4.78 is 10.4. The van der Waals surface area contributed by atoms with Gasteiger partial charge < -0.3 is 20.1 Å². The molecule has 1 saturated heterocycles. The highest BCUT2D eigenvalue weighted by Gasteiger charge is 2.27. The smallest absolute Gasteiger partial charge is 0.296 e. The molecule has 2 rings (SSSR count). The number of anilines is 1. The van der Waals surface area contributed by atoms with Gasteiger partial charge in [-0.1, -0.05) is 0 Å². The van der Waals surface area contributed by atoms with Crippen LogP contribution in [0.1, 0.15) is 12.8 Å². The van der Waals surface area contributed by atoms with E-state index in [9.17, 15) is 10.1 Å². The number of benzene rings is 1. The molecule has 0 bridgehead atoms. The molecule has 1 aliphatic heterocycles. The molecule has 1 aromatic rings. The Morgan fingerprint density at radius 2 is 2.05 bits per heavy atom. The minimum atomic E-state index is -0.386. The number of nitrogens with two attached hydrogens (primary N) is 1. The molecular formula is C14H21N3O4. The lowest BCUT2D eigenvalue weighted by atomic mass is 9.97. The van der Waals surface area contributed by atoms with Gasteiger partial charge in [0.25, 0.3) is 5.69 Å². The van der Waals surface area contributed by atoms with Crippen LogP contribution in [0.5, 0.6) is 11.5 Å². The third-order valence-corrected chi connectivity index (χ3v) is 3.87. The van der Waals surface area contributed by atoms with E-state index < -0.39 is 0 Å². The van der Waals surface area contributed by atoms with Crippen molar-refractivity contribution in [3.05, 3.63) is 22.2 Å². The first kappa shape index (κ1) is 15.4. The standard InChI is InChI=1S/C14H21N3O4/c1-20-13-6-11(12(17(18)19)7-14(13)21-2)16-5-3-4-10(8-15)9-16/h6-7,10H,3-5,8-9,15H2,1-2H3. The maximum Gasteiger partial charge on any atom is 0.296 e. The Labute approximate surface area is 123 Å². The van der Waals surface area contributed by atoms with Gasteiger partial charge in [0.1, 0.15) is 5.69 Å². The van der Waals surface area contributed by atoms with Crippen LogP contribution in [0, 0.1) is 16.0 Å². The first-order valence-electron chi connectivity index (χ1n) is 6.96. The molecule has 1 unspecified atom stereocenters. The summed E-state index contributed by atoms with van der Waals surface area (Å²) in [5, 5.41) is 11.3. The highest BCUT2D eigenvalue weighted by molar-refractivity contribution is 5.70. The van der Waals surface area contributed by atoms with Gasteiger partial charge in [-0.05, 0) is 25.3 Å². The van der Waals surface area contributed by atoms with E-state index in [1.54, 1.807) is 6.07 Å². The van der Waals surface area contributed by atoms with E-state index in [1.807, 2.05) is 4.90 Å². The number of methoxy groups -OCH3 is 2. The molecule has 21 heavy (non-hydrogen) atoms. The molecule has 1 aliphatic rings. The topological polar surface area (TPSA) is 90.9 Å². The van der Waals surface area contributed by atoms with Gasteiger partial charge in [0.15, 0.2) is 11.5 Å². The Balaban J connectivity index is 2.42. The van der Waals surface area contributed by atoms with Crippen molar-refractivity contribution in [1.82, 2.24) is 0 Å². The lowest BCUT2D eigenvalue weighted by Crippen LogP contribution is -2.38. The van der Waals surface area contributed by atoms with E-state index >= 15 is 0 Å². The monoisotopic (exact) mass is 295 g/mol. The largest absolute Gasteiger partial charge is 0.493 e. The van der Waals surface area contributed by atoms with Crippen molar-refractivity contribution in [3.8, 4) is 11.5 Å². The summed E-state index contributed by atoms with van der Waals surface area (Å²) in [5.74, 6) is 1.22. The normalized spacial score (nSPS) is 18.4. The minimum Gasteiger partial charge on any atom is -0.493 e. The number of nitrogens with zero attached hydrogens (tertiary/aromatic N) is 2. The summed E-state index contributed by atoms with van der Waals surface area (Å²) in [4.78, 5) is 13.0. The first-order chi connectivity index (χ1) is 10.1. The number of ether oxygens (including phenoxy) is 2. The van der Waals surface area contributed by atoms with Gasteiger partial charge in [-0.25, -0.2) is 0 Å². The van der Waals surface area contributed by atoms with Crippen molar-refractivity contribution in [3.63, 3.8) is 0 Å². The fraction of sp³-hybridized carbons (Fsp3) is 0.571. The Morgan fingerprint density at radius 3 is 2.62 bits per heavy atom. The fourth-order valence-corrected chi connectivity index (χ4v) is 2.73. The van der Waals surface area contributed by atoms with Crippen LogP contribution in [-0.4, -0.2) is 38.8 Å². The second-order valence-electron chi connectivity index (χ2n) is 5.14. The van der Waals surface area contributed by atoms with Crippen LogP contribution in [0.15, 0.2) is 12.1 Å². The fourth-order valence-electron chi connectivity index (χ4n) is 2.73. The number of hydrogen-bond donors (Lipinski definition) is 1. The molecule has 1 fully saturated rings. The van der Waals surface area contributed by atoms with Crippen LogP contribution in [0.4, 0.5) is 11.4 Å². The Morgan fingerprint density at radius 1 is 1.38 bits per heavy atom. The zero-order valence-corrected chi connectivity index (χ0v) is 12.4. The minimum absolute atomic E-state index is 0.0327. The van der Waals surface area contributed by atoms with Crippen LogP contribution < -0.4 is 20.1 Å². The summed E-state index contributed by atoms with van der Waals surface area (Å²) in [6.45, 7) is 2.11. The van der Waals surface area contributed by atoms with Crippen molar-refractivity contribution in [2.45, 2.75) is 12.8 Å². The van der Waals surface area contributed by atoms with Gasteiger partial charge in [-0.15, -0.1) is 0 Å². The van der Waals surface area contributed by atoms with E-state index in [0.717, 1.165) is 25.9 Å². The van der Waals surface area contributed by atoms with Crippen molar-refractivity contribution in [2.75, 3.05) is 38.8 Å². The molecule has 0 aromatic heterocycles. The molecule has 0 saturated carbocycles. The van der Waals surface area contributed by atoms with Gasteiger partial charge in [-0.3, -0.25) is 10.1 Å². The van der Waals surface area contributed by atoms with Crippen LogP contribution in [-0.2, 0) is 0 Å². The highest BCUT2D eigenvalue weighted by atomic mass is 16.6. The van der Waals surface area contributed by atoms with Crippen LogP contribution >= 0.6 is 0 Å². The van der Waals surface area contributed by atoms with Gasteiger partial charge >= 0.3 is 0 Å². The molecule has 1 atom stereocenters. The highest BCUT2D eigenvalue weighted by Crippen LogP contribution is 2.40. The zero-order chi connectivity index (χ0) is 15.4. The molecule has 2 N–H and O–H groups in total. The number of hydrogen-bond acceptors (Lipinski definition) is 6. The van der Waals surface area contributed by atoms with Gasteiger partial charge in [0, 0.05) is 19.2 Å². The third kappa shape index (κ3) is 3.18. The maximum absolute atomic E-state index is 11.3. The molecule has 7 nitrogen and oxygen atoms in total. The average Bonchev–Trinajstić information content (AvgIpc) is 2.53. The van der Waals surface area contributed by atoms with Crippen molar-refractivity contribution in [2.24, 2.45) is 11.7 Å². The van der Waals surface area contributed by atoms with Gasteiger partial charge in [0.05, 0.1) is 25.2 Å². The first-order valence-corrected chi connectivity index (χ1v) is 6.96. The molecule has 1 heterocycles. The lowest BCUT2D eigenvalue weighted by molar-refractivity contribution is -0.384. The van der Waals surface area contributed by atoms with E-state index in [0.29, 0.717) is 29.6 Å². The quantitative estimate of drug-likeness (QED) is 0.658. The summed E-state index contributed by atoms with van der Waals surface area (Å²) in [6.07, 6.45) is 2.04. The zero-order valence-electron chi connectivity index (χ0n) is 12.4. The van der Waals surface area contributed by atoms with Crippen LogP contribution in [0.25, 0.3) is 0 Å². The van der Waals surface area contributed by atoms with E-state index in [4.69, 9.17) is 15.2 Å². The van der Waals surface area contributed by atoms with Crippen LogP contribution in [0.3, 0.4) is 0 Å². The van der Waals surface area contributed by atoms with Gasteiger partial charge in [0.2, 0.25) is 0 Å². The predicted molar refractivity (Wildman–Crippen MR) is 80.2 cm³/mol. The summed E-state index contributed by atoms with van der Waals surface area (Å²) >= 11 is 0. The molecule has 1 aromatic carbocycles. The summed E-state index contributed by atoms with van der Waals surface area (Å²) in [6, 6.07) is 3.09. The Bertz CT molecular complexity index is 521. The predicted octanol–water partition coefficient (Wildman–Crippen LogP) is 1.79. The van der Waals surface area contributed by atoms with Crippen molar-refractivity contribution < 1.29 is 14.4 Å². The van der Waals surface area contributed by atoms with E-state index in [1.165, 1.54) is 20.3 Å². The number of nitro benzene ring substituents is 1. The lowest BCUT2D eigenvalue weighted by Gasteiger charge is -2.33. The van der Waals surface area contributed by atoms with E-state index in [2.05, 4.69) is 0 Å². The Kier molecular flexibility index (Phi) is 4.85. The van der Waals surface area contributed by atoms with Gasteiger partial charge in [-0.2, -0.15) is 0 Å². The summed E-state index contributed by atoms with van der Waals surface area (Å²) in [7, 11) is 2.99. The molecule has 116 valence electrons. The van der Waals surface area contributed by atoms with E-state index in [-0.39, 0.29) is 10.6 Å². The summed E-state index contributed by atoms with van der Waals surface area (Å²) in [5.41, 5.74) is 6.34. The molecule has 7 heteroatoms. The second kappa shape index (κ2) is 6.62. The van der Waals surface area contributed by atoms with Crippen LogP contribution in [0.2, 0.25) is 0 Å². The molecule has 0 spiro atoms. The molecular weight excluding hydrogens is 274 g/mol. The second-order valence-corrected chi connectivity index (χ2v) is 5.14. The van der Waals surface area contributed by atoms with Crippen molar-refractivity contribution in [1.29, 1.82) is 0 Å². The molecule has 0 radical (unpaired) electrons.